The molecule has 1 aromatic rings. The maximum Gasteiger partial charge on any atom is 0.328 e. The molecule has 0 fully saturated rings. The van der Waals surface area contributed by atoms with E-state index in [9.17, 15) is 9.59 Å². The lowest BCUT2D eigenvalue weighted by Crippen LogP contribution is -2.09. The van der Waals surface area contributed by atoms with E-state index >= 15 is 0 Å². The summed E-state index contributed by atoms with van der Waals surface area (Å²) in [6.45, 7) is 0. The number of amides is 1. The molecular formula is C10H6BrCl2NO3. The maximum absolute atomic E-state index is 11.3. The number of hydrogen-bond donors (Lipinski definition) is 2. The van der Waals surface area contributed by atoms with Crippen LogP contribution in [0.3, 0.4) is 0 Å². The molecule has 17 heavy (non-hydrogen) atoms. The van der Waals surface area contributed by atoms with Gasteiger partial charge in [-0.25, -0.2) is 4.79 Å². The second-order valence-corrected chi connectivity index (χ2v) is 4.64. The van der Waals surface area contributed by atoms with E-state index < -0.39 is 11.9 Å². The van der Waals surface area contributed by atoms with Gasteiger partial charge in [0.2, 0.25) is 5.91 Å². The summed E-state index contributed by atoms with van der Waals surface area (Å²) in [4.78, 5) is 21.5. The number of aliphatic carboxylic acids is 1. The highest BCUT2D eigenvalue weighted by molar-refractivity contribution is 9.10. The number of hydrogen-bond acceptors (Lipinski definition) is 2. The van der Waals surface area contributed by atoms with Crippen molar-refractivity contribution in [2.24, 2.45) is 0 Å². The quantitative estimate of drug-likeness (QED) is 0.831. The highest BCUT2D eigenvalue weighted by atomic mass is 79.9. The van der Waals surface area contributed by atoms with Crippen LogP contribution < -0.4 is 5.32 Å². The topological polar surface area (TPSA) is 66.4 Å². The highest BCUT2D eigenvalue weighted by Gasteiger charge is 2.09. The van der Waals surface area contributed by atoms with Crippen molar-refractivity contribution in [3.05, 3.63) is 38.8 Å². The van der Waals surface area contributed by atoms with Gasteiger partial charge in [0.1, 0.15) is 0 Å². The van der Waals surface area contributed by atoms with E-state index in [0.29, 0.717) is 4.47 Å². The molecule has 0 aliphatic heterocycles. The van der Waals surface area contributed by atoms with Crippen LogP contribution in [0.5, 0.6) is 0 Å². The molecule has 0 bridgehead atoms. The van der Waals surface area contributed by atoms with E-state index in [2.05, 4.69) is 21.2 Å². The predicted molar refractivity (Wildman–Crippen MR) is 69.6 cm³/mol. The van der Waals surface area contributed by atoms with Gasteiger partial charge in [0.15, 0.2) is 0 Å². The third kappa shape index (κ3) is 4.38. The van der Waals surface area contributed by atoms with Crippen LogP contribution in [0.25, 0.3) is 0 Å². The SMILES string of the molecule is O=C(O)/C=C/C(=O)Nc1c(Cl)cc(Br)cc1Cl. The fourth-order valence-electron chi connectivity index (χ4n) is 0.973. The van der Waals surface area contributed by atoms with Gasteiger partial charge in [-0.15, -0.1) is 0 Å². The number of carboxylic acid groups (broad SMARTS) is 1. The van der Waals surface area contributed by atoms with Crippen molar-refractivity contribution in [1.29, 1.82) is 0 Å². The molecule has 0 aliphatic rings. The zero-order valence-electron chi connectivity index (χ0n) is 8.21. The number of nitrogens with one attached hydrogen (secondary N) is 1. The first-order valence-corrected chi connectivity index (χ1v) is 5.81. The predicted octanol–water partition coefficient (Wildman–Crippen LogP) is 3.34. The van der Waals surface area contributed by atoms with Crippen molar-refractivity contribution in [1.82, 2.24) is 0 Å². The summed E-state index contributed by atoms with van der Waals surface area (Å²) in [5.74, 6) is -1.84. The number of carboxylic acids is 1. The summed E-state index contributed by atoms with van der Waals surface area (Å²) >= 11 is 14.9. The van der Waals surface area contributed by atoms with E-state index in [1.165, 1.54) is 0 Å². The monoisotopic (exact) mass is 337 g/mol. The van der Waals surface area contributed by atoms with Gasteiger partial charge in [-0.1, -0.05) is 39.1 Å². The molecule has 0 saturated carbocycles. The van der Waals surface area contributed by atoms with Crippen molar-refractivity contribution in [3.63, 3.8) is 0 Å². The van der Waals surface area contributed by atoms with Crippen LogP contribution in [0.4, 0.5) is 5.69 Å². The average molecular weight is 339 g/mol. The van der Waals surface area contributed by atoms with Gasteiger partial charge in [0.05, 0.1) is 15.7 Å². The molecule has 1 aromatic carbocycles. The van der Waals surface area contributed by atoms with E-state index in [0.717, 1.165) is 12.2 Å². The van der Waals surface area contributed by atoms with Gasteiger partial charge in [0.25, 0.3) is 0 Å². The van der Waals surface area contributed by atoms with Crippen molar-refractivity contribution in [2.75, 3.05) is 5.32 Å². The summed E-state index contributed by atoms with van der Waals surface area (Å²) in [7, 11) is 0. The summed E-state index contributed by atoms with van der Waals surface area (Å²) in [6, 6.07) is 3.12. The molecule has 1 amide bonds. The van der Waals surface area contributed by atoms with Crippen LogP contribution in [0.15, 0.2) is 28.8 Å². The van der Waals surface area contributed by atoms with E-state index in [1.54, 1.807) is 12.1 Å². The van der Waals surface area contributed by atoms with Gasteiger partial charge < -0.3 is 10.4 Å². The highest BCUT2D eigenvalue weighted by Crippen LogP contribution is 2.33. The Balaban J connectivity index is 2.89. The number of carbonyl (C=O) groups excluding carboxylic acids is 1. The van der Waals surface area contributed by atoms with Crippen molar-refractivity contribution >= 4 is 56.7 Å². The van der Waals surface area contributed by atoms with Crippen LogP contribution in [0, 0.1) is 0 Å². The summed E-state index contributed by atoms with van der Waals surface area (Å²) in [5, 5.41) is 11.2. The zero-order chi connectivity index (χ0) is 13.0. The lowest BCUT2D eigenvalue weighted by Gasteiger charge is -2.07. The van der Waals surface area contributed by atoms with Crippen LogP contribution in [-0.2, 0) is 9.59 Å². The van der Waals surface area contributed by atoms with Gasteiger partial charge in [-0.05, 0) is 12.1 Å². The molecule has 0 unspecified atom stereocenters. The Labute approximate surface area is 115 Å². The number of rotatable bonds is 3. The largest absolute Gasteiger partial charge is 0.478 e. The van der Waals surface area contributed by atoms with Crippen LogP contribution in [0.1, 0.15) is 0 Å². The van der Waals surface area contributed by atoms with Crippen molar-refractivity contribution in [2.45, 2.75) is 0 Å². The van der Waals surface area contributed by atoms with Crippen molar-refractivity contribution < 1.29 is 14.7 Å². The first kappa shape index (κ1) is 14.0. The smallest absolute Gasteiger partial charge is 0.328 e. The molecule has 1 rings (SSSR count). The molecular weight excluding hydrogens is 333 g/mol. The van der Waals surface area contributed by atoms with E-state index in [-0.39, 0.29) is 15.7 Å². The van der Waals surface area contributed by atoms with Crippen molar-refractivity contribution in [3.8, 4) is 0 Å². The Morgan fingerprint density at radius 3 is 2.24 bits per heavy atom. The second-order valence-electron chi connectivity index (χ2n) is 2.91. The van der Waals surface area contributed by atoms with E-state index in [4.69, 9.17) is 28.3 Å². The minimum Gasteiger partial charge on any atom is -0.478 e. The second kappa shape index (κ2) is 6.05. The fourth-order valence-corrected chi connectivity index (χ4v) is 2.28. The third-order valence-electron chi connectivity index (χ3n) is 1.63. The first-order valence-electron chi connectivity index (χ1n) is 4.26. The average Bonchev–Trinajstić information content (AvgIpc) is 2.20. The normalized spacial score (nSPS) is 10.5. The number of halogens is 3. The molecule has 0 radical (unpaired) electrons. The van der Waals surface area contributed by atoms with Crippen LogP contribution in [0.2, 0.25) is 10.0 Å². The minimum atomic E-state index is -1.21. The Morgan fingerprint density at radius 2 is 1.76 bits per heavy atom. The lowest BCUT2D eigenvalue weighted by molar-refractivity contribution is -0.131. The molecule has 0 atom stereocenters. The third-order valence-corrected chi connectivity index (χ3v) is 2.69. The Kier molecular flexibility index (Phi) is 4.99. The molecule has 0 spiro atoms. The van der Waals surface area contributed by atoms with Gasteiger partial charge >= 0.3 is 5.97 Å². The fraction of sp³-hybridized carbons (Fsp3) is 0. The van der Waals surface area contributed by atoms with Crippen LogP contribution in [-0.4, -0.2) is 17.0 Å². The Bertz CT molecular complexity index is 479. The van der Waals surface area contributed by atoms with E-state index in [1.807, 2.05) is 0 Å². The first-order chi connectivity index (χ1) is 7.90. The molecule has 0 heterocycles. The van der Waals surface area contributed by atoms with Gasteiger partial charge in [-0.2, -0.15) is 0 Å². The lowest BCUT2D eigenvalue weighted by atomic mass is 10.3. The summed E-state index contributed by atoms with van der Waals surface area (Å²) < 4.78 is 0.673. The Hall–Kier alpha value is -1.04. The molecule has 90 valence electrons. The summed E-state index contributed by atoms with van der Waals surface area (Å²) in [5.41, 5.74) is 0.233. The van der Waals surface area contributed by atoms with Crippen LogP contribution >= 0.6 is 39.1 Å². The molecule has 0 aromatic heterocycles. The van der Waals surface area contributed by atoms with Gasteiger partial charge in [0, 0.05) is 16.6 Å². The Morgan fingerprint density at radius 1 is 1.24 bits per heavy atom. The summed E-state index contributed by atoms with van der Waals surface area (Å²) in [6.07, 6.45) is 1.59. The molecule has 7 heteroatoms. The molecule has 2 N–H and O–H groups in total. The van der Waals surface area contributed by atoms with Gasteiger partial charge in [-0.3, -0.25) is 4.79 Å². The zero-order valence-corrected chi connectivity index (χ0v) is 11.3. The standard InChI is InChI=1S/C10H6BrCl2NO3/c11-5-3-6(12)10(7(13)4-5)14-8(15)1-2-9(16)17/h1-4H,(H,14,15)(H,16,17)/b2-1+. The number of carbonyl (C=O) groups is 2. The molecule has 4 nitrogen and oxygen atoms in total. The number of anilines is 1. The minimum absolute atomic E-state index is 0.233. The molecule has 0 aliphatic carbocycles. The number of benzene rings is 1. The maximum atomic E-state index is 11.3. The molecule has 0 saturated heterocycles.